The van der Waals surface area contributed by atoms with Gasteiger partial charge in [0.2, 0.25) is 0 Å². The van der Waals surface area contributed by atoms with Crippen molar-refractivity contribution in [1.82, 2.24) is 4.90 Å². The molecule has 1 saturated heterocycles. The van der Waals surface area contributed by atoms with E-state index in [2.05, 4.69) is 0 Å². The Morgan fingerprint density at radius 3 is 2.38 bits per heavy atom. The van der Waals surface area contributed by atoms with Gasteiger partial charge in [0.05, 0.1) is 38.2 Å². The third-order valence-electron chi connectivity index (χ3n) is 5.60. The quantitative estimate of drug-likeness (QED) is 0.302. The van der Waals surface area contributed by atoms with E-state index in [0.29, 0.717) is 29.6 Å². The number of carbonyl (C=O) groups is 2. The summed E-state index contributed by atoms with van der Waals surface area (Å²) in [5, 5.41) is 11.3. The summed E-state index contributed by atoms with van der Waals surface area (Å²) in [6.07, 6.45) is 1.46. The van der Waals surface area contributed by atoms with Gasteiger partial charge in [0.25, 0.3) is 11.7 Å². The standard InChI is InChI=1S/C26H25NO7/c1-4-33-17-9-7-16(8-10-17)15-27-23(21-6-5-13-34-21)22(25(29)26(27)30)24(28)19-14-18(31-2)11-12-20(19)32-3/h5-14,23,28H,4,15H2,1-3H3/b24-22-. The topological polar surface area (TPSA) is 98.4 Å². The Hall–Kier alpha value is -4.20. The van der Waals surface area contributed by atoms with Gasteiger partial charge in [-0.1, -0.05) is 12.1 Å². The molecular weight excluding hydrogens is 438 g/mol. The number of benzene rings is 2. The molecule has 1 aromatic heterocycles. The fourth-order valence-electron chi connectivity index (χ4n) is 3.98. The predicted octanol–water partition coefficient (Wildman–Crippen LogP) is 4.32. The molecule has 2 aromatic carbocycles. The molecule has 1 N–H and O–H groups in total. The van der Waals surface area contributed by atoms with Gasteiger partial charge in [-0.05, 0) is 55.0 Å². The summed E-state index contributed by atoms with van der Waals surface area (Å²) in [6.45, 7) is 2.57. The van der Waals surface area contributed by atoms with Gasteiger partial charge in [-0.3, -0.25) is 9.59 Å². The number of hydrogen-bond donors (Lipinski definition) is 1. The minimum Gasteiger partial charge on any atom is -0.507 e. The molecule has 1 unspecified atom stereocenters. The maximum Gasteiger partial charge on any atom is 0.296 e. The van der Waals surface area contributed by atoms with Crippen LogP contribution in [0.1, 0.15) is 29.9 Å². The molecule has 1 amide bonds. The van der Waals surface area contributed by atoms with Gasteiger partial charge < -0.3 is 28.6 Å². The number of likely N-dealkylation sites (tertiary alicyclic amines) is 1. The molecule has 0 spiro atoms. The minimum absolute atomic E-state index is 0.0857. The van der Waals surface area contributed by atoms with Crippen molar-refractivity contribution >= 4 is 17.4 Å². The van der Waals surface area contributed by atoms with Gasteiger partial charge in [0.1, 0.15) is 34.8 Å². The number of aliphatic hydroxyl groups excluding tert-OH is 1. The molecule has 0 bridgehead atoms. The molecule has 1 aliphatic heterocycles. The molecule has 0 radical (unpaired) electrons. The van der Waals surface area contributed by atoms with Gasteiger partial charge in [-0.25, -0.2) is 0 Å². The van der Waals surface area contributed by atoms with Gasteiger partial charge in [0, 0.05) is 6.54 Å². The van der Waals surface area contributed by atoms with Crippen molar-refractivity contribution in [1.29, 1.82) is 0 Å². The van der Waals surface area contributed by atoms with E-state index in [1.807, 2.05) is 19.1 Å². The minimum atomic E-state index is -0.919. The van der Waals surface area contributed by atoms with Crippen molar-refractivity contribution in [3.8, 4) is 17.2 Å². The lowest BCUT2D eigenvalue weighted by Crippen LogP contribution is -2.29. The van der Waals surface area contributed by atoms with Gasteiger partial charge in [-0.15, -0.1) is 0 Å². The van der Waals surface area contributed by atoms with Crippen LogP contribution in [0.3, 0.4) is 0 Å². The zero-order chi connectivity index (χ0) is 24.2. The van der Waals surface area contributed by atoms with E-state index >= 15 is 0 Å². The van der Waals surface area contributed by atoms with Crippen LogP contribution in [0.15, 0.2) is 70.9 Å². The van der Waals surface area contributed by atoms with Crippen molar-refractivity contribution in [3.63, 3.8) is 0 Å². The number of methoxy groups -OCH3 is 2. The number of amides is 1. The summed E-state index contributed by atoms with van der Waals surface area (Å²) in [5.41, 5.74) is 0.941. The number of rotatable bonds is 8. The SMILES string of the molecule is CCOc1ccc(CN2C(=O)C(=O)/C(=C(\O)c3cc(OC)ccc3OC)C2c2ccco2)cc1. The lowest BCUT2D eigenvalue weighted by molar-refractivity contribution is -0.140. The number of hydrogen-bond acceptors (Lipinski definition) is 7. The molecular formula is C26H25NO7. The van der Waals surface area contributed by atoms with Crippen LogP contribution in [0.4, 0.5) is 0 Å². The number of ether oxygens (including phenoxy) is 3. The smallest absolute Gasteiger partial charge is 0.296 e. The Balaban J connectivity index is 1.80. The first kappa shape index (κ1) is 23.0. The zero-order valence-electron chi connectivity index (χ0n) is 19.1. The van der Waals surface area contributed by atoms with E-state index in [0.717, 1.165) is 5.56 Å². The second-order valence-corrected chi connectivity index (χ2v) is 7.59. The molecule has 0 aliphatic carbocycles. The van der Waals surface area contributed by atoms with E-state index in [1.54, 1.807) is 42.5 Å². The van der Waals surface area contributed by atoms with Crippen LogP contribution in [0.25, 0.3) is 5.76 Å². The molecule has 8 heteroatoms. The van der Waals surface area contributed by atoms with Crippen molar-refractivity contribution in [2.45, 2.75) is 19.5 Å². The lowest BCUT2D eigenvalue weighted by Gasteiger charge is -2.23. The third kappa shape index (κ3) is 4.22. The highest BCUT2D eigenvalue weighted by Gasteiger charge is 2.47. The van der Waals surface area contributed by atoms with E-state index in [-0.39, 0.29) is 23.4 Å². The first-order chi connectivity index (χ1) is 16.5. The number of aliphatic hydroxyl groups is 1. The van der Waals surface area contributed by atoms with Crippen LogP contribution < -0.4 is 14.2 Å². The Labute approximate surface area is 197 Å². The van der Waals surface area contributed by atoms with Crippen molar-refractivity contribution in [3.05, 3.63) is 83.3 Å². The third-order valence-corrected chi connectivity index (χ3v) is 5.60. The Morgan fingerprint density at radius 1 is 1.03 bits per heavy atom. The molecule has 1 atom stereocenters. The first-order valence-electron chi connectivity index (χ1n) is 10.7. The van der Waals surface area contributed by atoms with Crippen LogP contribution in [-0.2, 0) is 16.1 Å². The van der Waals surface area contributed by atoms with Gasteiger partial charge in [-0.2, -0.15) is 0 Å². The molecule has 34 heavy (non-hydrogen) atoms. The van der Waals surface area contributed by atoms with Crippen LogP contribution in [0.5, 0.6) is 17.2 Å². The van der Waals surface area contributed by atoms with Gasteiger partial charge >= 0.3 is 0 Å². The molecule has 8 nitrogen and oxygen atoms in total. The molecule has 1 aliphatic rings. The number of Topliss-reactive ketones (excluding diaryl/α,β-unsaturated/α-hetero) is 1. The maximum absolute atomic E-state index is 13.2. The van der Waals surface area contributed by atoms with Crippen molar-refractivity contribution in [2.24, 2.45) is 0 Å². The van der Waals surface area contributed by atoms with E-state index in [1.165, 1.54) is 25.4 Å². The monoisotopic (exact) mass is 463 g/mol. The van der Waals surface area contributed by atoms with E-state index < -0.39 is 17.7 Å². The fourth-order valence-corrected chi connectivity index (χ4v) is 3.98. The fraction of sp³-hybridized carbons (Fsp3) is 0.231. The van der Waals surface area contributed by atoms with Crippen LogP contribution in [-0.4, -0.2) is 42.5 Å². The second-order valence-electron chi connectivity index (χ2n) is 7.59. The number of ketones is 1. The predicted molar refractivity (Wildman–Crippen MR) is 124 cm³/mol. The number of carbonyl (C=O) groups excluding carboxylic acids is 2. The van der Waals surface area contributed by atoms with E-state index in [4.69, 9.17) is 18.6 Å². The average molecular weight is 463 g/mol. The molecule has 3 aromatic rings. The molecule has 1 fully saturated rings. The van der Waals surface area contributed by atoms with Crippen molar-refractivity contribution in [2.75, 3.05) is 20.8 Å². The summed E-state index contributed by atoms with van der Waals surface area (Å²) >= 11 is 0. The molecule has 4 rings (SSSR count). The summed E-state index contributed by atoms with van der Waals surface area (Å²) in [4.78, 5) is 27.7. The average Bonchev–Trinajstić information content (AvgIpc) is 3.47. The molecule has 2 heterocycles. The summed E-state index contributed by atoms with van der Waals surface area (Å²) in [6, 6.07) is 14.5. The summed E-state index contributed by atoms with van der Waals surface area (Å²) in [5.74, 6) is -0.0672. The lowest BCUT2D eigenvalue weighted by atomic mass is 9.98. The highest BCUT2D eigenvalue weighted by Crippen LogP contribution is 2.42. The van der Waals surface area contributed by atoms with E-state index in [9.17, 15) is 14.7 Å². The Morgan fingerprint density at radius 2 is 1.76 bits per heavy atom. The van der Waals surface area contributed by atoms with Crippen LogP contribution >= 0.6 is 0 Å². The molecule has 176 valence electrons. The highest BCUT2D eigenvalue weighted by atomic mass is 16.5. The van der Waals surface area contributed by atoms with Crippen molar-refractivity contribution < 1.29 is 33.3 Å². The summed E-state index contributed by atoms with van der Waals surface area (Å²) in [7, 11) is 2.94. The maximum atomic E-state index is 13.2. The van der Waals surface area contributed by atoms with Gasteiger partial charge in [0.15, 0.2) is 0 Å². The second kappa shape index (κ2) is 9.74. The Kier molecular flexibility index (Phi) is 6.58. The summed E-state index contributed by atoms with van der Waals surface area (Å²) < 4.78 is 21.7. The zero-order valence-corrected chi connectivity index (χ0v) is 19.1. The largest absolute Gasteiger partial charge is 0.507 e. The Bertz CT molecular complexity index is 1210. The molecule has 0 saturated carbocycles. The first-order valence-corrected chi connectivity index (χ1v) is 10.7. The normalized spacial score (nSPS) is 17.1. The number of nitrogens with zero attached hydrogens (tertiary/aromatic N) is 1. The van der Waals surface area contributed by atoms with Crippen LogP contribution in [0, 0.1) is 0 Å². The van der Waals surface area contributed by atoms with Crippen LogP contribution in [0.2, 0.25) is 0 Å². The number of furan rings is 1. The highest BCUT2D eigenvalue weighted by molar-refractivity contribution is 6.46.